The van der Waals surface area contributed by atoms with Gasteiger partial charge in [0.25, 0.3) is 0 Å². The lowest BCUT2D eigenvalue weighted by Crippen LogP contribution is -2.57. The van der Waals surface area contributed by atoms with Gasteiger partial charge in [-0.25, -0.2) is 14.2 Å². The highest BCUT2D eigenvalue weighted by atomic mass is 32.1. The first kappa shape index (κ1) is 18.4. The number of benzene rings is 1. The van der Waals surface area contributed by atoms with Gasteiger partial charge in [-0.15, -0.1) is 11.3 Å². The number of alkyl carbamates (subject to hydrolysis) is 1. The molecular weight excluding hydrogens is 365 g/mol. The summed E-state index contributed by atoms with van der Waals surface area (Å²) in [6, 6.07) is 6.40. The molecule has 1 N–H and O–H groups in total. The Morgan fingerprint density at radius 3 is 2.63 bits per heavy atom. The van der Waals surface area contributed by atoms with Crippen LogP contribution in [-0.2, 0) is 10.3 Å². The summed E-state index contributed by atoms with van der Waals surface area (Å²) in [6.45, 7) is 6.85. The largest absolute Gasteiger partial charge is 0.437 e. The maximum absolute atomic E-state index is 13.1. The van der Waals surface area contributed by atoms with E-state index in [1.54, 1.807) is 12.1 Å². The van der Waals surface area contributed by atoms with Crippen LogP contribution in [0.3, 0.4) is 0 Å². The zero-order chi connectivity index (χ0) is 19.0. The Labute approximate surface area is 162 Å². The minimum Gasteiger partial charge on any atom is -0.437 e. The van der Waals surface area contributed by atoms with E-state index in [1.807, 2.05) is 19.2 Å². The fourth-order valence-electron chi connectivity index (χ4n) is 3.87. The third kappa shape index (κ3) is 3.99. The minimum absolute atomic E-state index is 0.168. The molecule has 1 amide bonds. The van der Waals surface area contributed by atoms with Crippen molar-refractivity contribution in [3.63, 3.8) is 0 Å². The van der Waals surface area contributed by atoms with Crippen LogP contribution in [0.4, 0.5) is 9.18 Å². The number of hydrogen-bond acceptors (Lipinski definition) is 5. The predicted molar refractivity (Wildman–Crippen MR) is 103 cm³/mol. The average molecular weight is 389 g/mol. The third-order valence-electron chi connectivity index (χ3n) is 5.52. The third-order valence-corrected chi connectivity index (χ3v) is 6.41. The van der Waals surface area contributed by atoms with Crippen molar-refractivity contribution in [2.45, 2.75) is 38.3 Å². The van der Waals surface area contributed by atoms with Crippen molar-refractivity contribution in [2.75, 3.05) is 19.6 Å². The van der Waals surface area contributed by atoms with Crippen LogP contribution in [0.1, 0.15) is 32.4 Å². The number of halogens is 1. The normalized spacial score (nSPS) is 24.6. The lowest BCUT2D eigenvalue weighted by molar-refractivity contribution is 0.0186. The Morgan fingerprint density at radius 1 is 1.30 bits per heavy atom. The number of piperidine rings is 3. The number of nitrogens with zero attached hydrogens (tertiary/aromatic N) is 2. The van der Waals surface area contributed by atoms with Crippen LogP contribution in [0.2, 0.25) is 0 Å². The second-order valence-corrected chi connectivity index (χ2v) is 8.69. The number of thiazole rings is 1. The molecule has 0 saturated carbocycles. The Hall–Kier alpha value is -1.99. The van der Waals surface area contributed by atoms with Crippen LogP contribution in [0, 0.1) is 11.7 Å². The van der Waals surface area contributed by atoms with Gasteiger partial charge in [0.1, 0.15) is 10.8 Å². The molecule has 3 aliphatic heterocycles. The molecule has 27 heavy (non-hydrogen) atoms. The zero-order valence-electron chi connectivity index (χ0n) is 15.6. The molecule has 7 heteroatoms. The summed E-state index contributed by atoms with van der Waals surface area (Å²) < 4.78 is 18.8. The Bertz CT molecular complexity index is 813. The SMILES string of the molecule is CC(C)(OC(=O)N[C@@H]1CN2CCC1CC2)c1csc(-c2ccc(F)cc2)n1. The van der Waals surface area contributed by atoms with Gasteiger partial charge in [-0.2, -0.15) is 0 Å². The minimum atomic E-state index is -0.840. The summed E-state index contributed by atoms with van der Waals surface area (Å²) in [7, 11) is 0. The number of nitrogens with one attached hydrogen (secondary N) is 1. The highest BCUT2D eigenvalue weighted by Crippen LogP contribution is 2.32. The van der Waals surface area contributed by atoms with Crippen molar-refractivity contribution >= 4 is 17.4 Å². The predicted octanol–water partition coefficient (Wildman–Crippen LogP) is 4.00. The lowest BCUT2D eigenvalue weighted by atomic mass is 9.84. The van der Waals surface area contributed by atoms with Gasteiger partial charge in [-0.05, 0) is 70.0 Å². The van der Waals surface area contributed by atoms with Crippen LogP contribution < -0.4 is 5.32 Å². The first-order valence-electron chi connectivity index (χ1n) is 9.34. The molecule has 1 aromatic heterocycles. The van der Waals surface area contributed by atoms with Crippen LogP contribution in [0.15, 0.2) is 29.6 Å². The Kier molecular flexibility index (Phi) is 4.90. The van der Waals surface area contributed by atoms with Crippen molar-refractivity contribution in [1.82, 2.24) is 15.2 Å². The number of carbonyl (C=O) groups is 1. The number of carbonyl (C=O) groups excluding carboxylic acids is 1. The van der Waals surface area contributed by atoms with Gasteiger partial charge in [0.05, 0.1) is 5.69 Å². The van der Waals surface area contributed by atoms with Gasteiger partial charge in [-0.1, -0.05) is 0 Å². The smallest absolute Gasteiger partial charge is 0.408 e. The fraction of sp³-hybridized carbons (Fsp3) is 0.500. The number of rotatable bonds is 4. The maximum atomic E-state index is 13.1. The summed E-state index contributed by atoms with van der Waals surface area (Å²) >= 11 is 1.46. The van der Waals surface area contributed by atoms with Crippen molar-refractivity contribution in [1.29, 1.82) is 0 Å². The van der Waals surface area contributed by atoms with Gasteiger partial charge in [0, 0.05) is 23.5 Å². The molecule has 144 valence electrons. The molecule has 4 heterocycles. The molecule has 5 nitrogen and oxygen atoms in total. The number of fused-ring (bicyclic) bond motifs is 3. The van der Waals surface area contributed by atoms with Gasteiger partial charge in [-0.3, -0.25) is 0 Å². The monoisotopic (exact) mass is 389 g/mol. The maximum Gasteiger partial charge on any atom is 0.408 e. The zero-order valence-corrected chi connectivity index (χ0v) is 16.4. The molecule has 3 fully saturated rings. The van der Waals surface area contributed by atoms with Crippen LogP contribution in [-0.4, -0.2) is 41.7 Å². The highest BCUT2D eigenvalue weighted by Gasteiger charge is 2.36. The molecule has 2 bridgehead atoms. The first-order chi connectivity index (χ1) is 12.9. The highest BCUT2D eigenvalue weighted by molar-refractivity contribution is 7.13. The van der Waals surface area contributed by atoms with E-state index in [0.717, 1.165) is 43.0 Å². The molecule has 3 aliphatic rings. The van der Waals surface area contributed by atoms with Crippen LogP contribution in [0.5, 0.6) is 0 Å². The van der Waals surface area contributed by atoms with E-state index in [1.165, 1.54) is 23.5 Å². The molecule has 3 saturated heterocycles. The van der Waals surface area contributed by atoms with E-state index in [0.29, 0.717) is 11.6 Å². The Balaban J connectivity index is 1.41. The number of amides is 1. The van der Waals surface area contributed by atoms with Crippen molar-refractivity contribution in [3.8, 4) is 10.6 Å². The fourth-order valence-corrected chi connectivity index (χ4v) is 4.85. The van der Waals surface area contributed by atoms with Gasteiger partial charge < -0.3 is 15.0 Å². The lowest BCUT2D eigenvalue weighted by Gasteiger charge is -2.44. The van der Waals surface area contributed by atoms with E-state index < -0.39 is 11.7 Å². The first-order valence-corrected chi connectivity index (χ1v) is 10.2. The molecule has 5 rings (SSSR count). The van der Waals surface area contributed by atoms with E-state index >= 15 is 0 Å². The summed E-state index contributed by atoms with van der Waals surface area (Å²) in [5.41, 5.74) is 0.698. The topological polar surface area (TPSA) is 54.5 Å². The second kappa shape index (κ2) is 7.20. The molecule has 0 radical (unpaired) electrons. The molecule has 0 aliphatic carbocycles. The Morgan fingerprint density at radius 2 is 2.00 bits per heavy atom. The summed E-state index contributed by atoms with van der Waals surface area (Å²) in [5.74, 6) is 0.276. The van der Waals surface area contributed by atoms with E-state index in [2.05, 4.69) is 15.2 Å². The average Bonchev–Trinajstić information content (AvgIpc) is 3.14. The number of ether oxygens (including phenoxy) is 1. The standard InChI is InChI=1S/C20H24FN3O2S/c1-20(2,17-12-27-18(23-17)14-3-5-15(21)6-4-14)26-19(25)22-16-11-24-9-7-13(16)8-10-24/h3-6,12-13,16H,7-11H2,1-2H3,(H,22,25)/t16-/m1/s1. The molecule has 1 atom stereocenters. The summed E-state index contributed by atoms with van der Waals surface area (Å²) in [5, 5.41) is 5.72. The second-order valence-electron chi connectivity index (χ2n) is 7.83. The van der Waals surface area contributed by atoms with E-state index in [4.69, 9.17) is 4.74 Å². The summed E-state index contributed by atoms with van der Waals surface area (Å²) in [6.07, 6.45) is 1.89. The molecule has 1 aromatic carbocycles. The van der Waals surface area contributed by atoms with E-state index in [9.17, 15) is 9.18 Å². The van der Waals surface area contributed by atoms with Crippen LogP contribution in [0.25, 0.3) is 10.6 Å². The van der Waals surface area contributed by atoms with Crippen molar-refractivity contribution in [2.24, 2.45) is 5.92 Å². The molecule has 0 spiro atoms. The van der Waals surface area contributed by atoms with E-state index in [-0.39, 0.29) is 11.9 Å². The van der Waals surface area contributed by atoms with Crippen molar-refractivity contribution in [3.05, 3.63) is 41.2 Å². The number of hydrogen-bond donors (Lipinski definition) is 1. The molecular formula is C20H24FN3O2S. The molecule has 0 unspecified atom stereocenters. The summed E-state index contributed by atoms with van der Waals surface area (Å²) in [4.78, 5) is 19.5. The van der Waals surface area contributed by atoms with Gasteiger partial charge in [0.2, 0.25) is 0 Å². The van der Waals surface area contributed by atoms with Crippen molar-refractivity contribution < 1.29 is 13.9 Å². The van der Waals surface area contributed by atoms with Crippen LogP contribution >= 0.6 is 11.3 Å². The van der Waals surface area contributed by atoms with Gasteiger partial charge >= 0.3 is 6.09 Å². The molecule has 2 aromatic rings. The quantitative estimate of drug-likeness (QED) is 0.859. The number of aromatic nitrogens is 1. The van der Waals surface area contributed by atoms with Gasteiger partial charge in [0.15, 0.2) is 5.60 Å².